The van der Waals surface area contributed by atoms with Crippen LogP contribution in [0.2, 0.25) is 0 Å². The first-order valence-electron chi connectivity index (χ1n) is 6.25. The minimum Gasteiger partial charge on any atom is -0.434 e. The van der Waals surface area contributed by atoms with Crippen molar-refractivity contribution < 1.29 is 38.4 Å². The second-order valence-electron chi connectivity index (χ2n) is 4.07. The fraction of sp³-hybridized carbons (Fsp3) is 0.833. The van der Waals surface area contributed by atoms with Gasteiger partial charge in [0.2, 0.25) is 0 Å². The molecule has 20 heavy (non-hydrogen) atoms. The third-order valence-electron chi connectivity index (χ3n) is 2.01. The lowest BCUT2D eigenvalue weighted by Crippen LogP contribution is -2.19. The molecule has 0 bridgehead atoms. The number of ether oxygens (including phenoxy) is 5. The predicted molar refractivity (Wildman–Crippen MR) is 67.4 cm³/mol. The van der Waals surface area contributed by atoms with E-state index < -0.39 is 18.4 Å². The smallest absolute Gasteiger partial charge is 0.434 e. The second kappa shape index (κ2) is 11.3. The van der Waals surface area contributed by atoms with Crippen molar-refractivity contribution in [3.63, 3.8) is 0 Å². The van der Waals surface area contributed by atoms with Gasteiger partial charge in [0, 0.05) is 13.5 Å². The van der Waals surface area contributed by atoms with Crippen LogP contribution in [-0.4, -0.2) is 63.2 Å². The number of carbonyl (C=O) groups excluding carboxylic acids is 2. The number of aliphatic hydroxyl groups excluding tert-OH is 1. The average molecular weight is 294 g/mol. The van der Waals surface area contributed by atoms with Crippen molar-refractivity contribution in [2.24, 2.45) is 0 Å². The van der Waals surface area contributed by atoms with Gasteiger partial charge in [0.25, 0.3) is 0 Å². The zero-order valence-electron chi connectivity index (χ0n) is 12.0. The molecule has 0 aliphatic rings. The minimum absolute atomic E-state index is 0.0421. The third kappa shape index (κ3) is 11.5. The molecule has 0 saturated heterocycles. The van der Waals surface area contributed by atoms with Crippen LogP contribution in [0.5, 0.6) is 0 Å². The molecule has 2 unspecified atom stereocenters. The second-order valence-corrected chi connectivity index (χ2v) is 4.07. The van der Waals surface area contributed by atoms with Gasteiger partial charge in [-0.15, -0.1) is 0 Å². The number of carbonyl (C=O) groups is 2. The van der Waals surface area contributed by atoms with Crippen LogP contribution in [0.4, 0.5) is 9.59 Å². The van der Waals surface area contributed by atoms with E-state index in [-0.39, 0.29) is 32.5 Å². The lowest BCUT2D eigenvalue weighted by atomic mass is 10.4. The molecular weight excluding hydrogens is 272 g/mol. The van der Waals surface area contributed by atoms with Gasteiger partial charge in [-0.2, -0.15) is 0 Å². The van der Waals surface area contributed by atoms with Crippen LogP contribution in [0.25, 0.3) is 0 Å². The molecule has 118 valence electrons. The molecule has 0 heterocycles. The molecule has 1 N–H and O–H groups in total. The summed E-state index contributed by atoms with van der Waals surface area (Å²) in [7, 11) is 1.51. The van der Waals surface area contributed by atoms with Gasteiger partial charge in [0.05, 0.1) is 25.4 Å². The van der Waals surface area contributed by atoms with E-state index in [1.54, 1.807) is 6.92 Å². The first-order valence-corrected chi connectivity index (χ1v) is 6.25. The van der Waals surface area contributed by atoms with Crippen LogP contribution >= 0.6 is 0 Å². The highest BCUT2D eigenvalue weighted by Gasteiger charge is 2.08. The largest absolute Gasteiger partial charge is 0.508 e. The van der Waals surface area contributed by atoms with Crippen LogP contribution in [0, 0.1) is 0 Å². The lowest BCUT2D eigenvalue weighted by molar-refractivity contribution is 0.00286. The molecule has 0 spiro atoms. The molecule has 0 aromatic rings. The van der Waals surface area contributed by atoms with Crippen molar-refractivity contribution in [3.8, 4) is 0 Å². The number of aliphatic hydroxyl groups is 1. The fourth-order valence-electron chi connectivity index (χ4n) is 0.895. The maximum atomic E-state index is 11.1. The highest BCUT2D eigenvalue weighted by atomic mass is 16.7. The van der Waals surface area contributed by atoms with Gasteiger partial charge in [0.15, 0.2) is 0 Å². The first kappa shape index (κ1) is 18.5. The van der Waals surface area contributed by atoms with E-state index in [0.29, 0.717) is 6.42 Å². The number of rotatable bonds is 9. The Hall–Kier alpha value is -1.54. The Balaban J connectivity index is 3.43. The van der Waals surface area contributed by atoms with E-state index in [4.69, 9.17) is 19.3 Å². The van der Waals surface area contributed by atoms with E-state index in [1.807, 2.05) is 0 Å². The van der Waals surface area contributed by atoms with E-state index in [9.17, 15) is 9.59 Å². The summed E-state index contributed by atoms with van der Waals surface area (Å²) in [5.74, 6) is 0. The average Bonchev–Trinajstić information content (AvgIpc) is 2.41. The quantitative estimate of drug-likeness (QED) is 0.498. The van der Waals surface area contributed by atoms with Gasteiger partial charge < -0.3 is 28.8 Å². The van der Waals surface area contributed by atoms with Crippen molar-refractivity contribution >= 4 is 12.3 Å². The summed E-state index contributed by atoms with van der Waals surface area (Å²) < 4.78 is 23.6. The Morgan fingerprint density at radius 3 is 1.90 bits per heavy atom. The third-order valence-corrected chi connectivity index (χ3v) is 2.01. The van der Waals surface area contributed by atoms with E-state index in [2.05, 4.69) is 9.47 Å². The molecule has 8 heteroatoms. The van der Waals surface area contributed by atoms with Crippen molar-refractivity contribution in [3.05, 3.63) is 0 Å². The van der Waals surface area contributed by atoms with Crippen molar-refractivity contribution in [2.45, 2.75) is 32.5 Å². The Labute approximate surface area is 117 Å². The molecule has 0 amide bonds. The molecule has 2 atom stereocenters. The zero-order chi connectivity index (χ0) is 15.4. The SMILES string of the molecule is COC(C)COC(=O)OCCCOC(=O)OCC(C)O. The Kier molecular flexibility index (Phi) is 10.4. The molecular formula is C12H22O8. The minimum atomic E-state index is -0.873. The molecule has 0 radical (unpaired) electrons. The van der Waals surface area contributed by atoms with Crippen LogP contribution in [0.1, 0.15) is 20.3 Å². The highest BCUT2D eigenvalue weighted by Crippen LogP contribution is 1.95. The van der Waals surface area contributed by atoms with Gasteiger partial charge in [-0.1, -0.05) is 0 Å². The van der Waals surface area contributed by atoms with Gasteiger partial charge in [-0.25, -0.2) is 9.59 Å². The molecule has 8 nitrogen and oxygen atoms in total. The molecule has 0 aromatic heterocycles. The summed E-state index contributed by atoms with van der Waals surface area (Å²) >= 11 is 0. The lowest BCUT2D eigenvalue weighted by Gasteiger charge is -2.10. The Morgan fingerprint density at radius 2 is 1.45 bits per heavy atom. The van der Waals surface area contributed by atoms with Gasteiger partial charge in [0.1, 0.15) is 13.2 Å². The Morgan fingerprint density at radius 1 is 0.950 bits per heavy atom. The Bertz CT molecular complexity index is 279. The van der Waals surface area contributed by atoms with Gasteiger partial charge >= 0.3 is 12.3 Å². The maximum Gasteiger partial charge on any atom is 0.508 e. The summed E-state index contributed by atoms with van der Waals surface area (Å²) in [5, 5.41) is 8.87. The van der Waals surface area contributed by atoms with Crippen LogP contribution < -0.4 is 0 Å². The molecule has 0 aromatic carbocycles. The van der Waals surface area contributed by atoms with Crippen LogP contribution in [0.15, 0.2) is 0 Å². The van der Waals surface area contributed by atoms with Gasteiger partial charge in [-0.05, 0) is 13.8 Å². The summed E-state index contributed by atoms with van der Waals surface area (Å²) in [6.07, 6.45) is -2.30. The van der Waals surface area contributed by atoms with E-state index >= 15 is 0 Å². The van der Waals surface area contributed by atoms with Gasteiger partial charge in [-0.3, -0.25) is 0 Å². The standard InChI is InChI=1S/C12H22O8/c1-9(13)7-19-11(14)17-5-4-6-18-12(15)20-8-10(2)16-3/h9-10,13H,4-8H2,1-3H3. The summed E-state index contributed by atoms with van der Waals surface area (Å²) in [6, 6.07) is 0. The molecule has 0 fully saturated rings. The highest BCUT2D eigenvalue weighted by molar-refractivity contribution is 5.60. The first-order chi connectivity index (χ1) is 9.45. The molecule has 0 rings (SSSR count). The van der Waals surface area contributed by atoms with Crippen molar-refractivity contribution in [1.29, 1.82) is 0 Å². The van der Waals surface area contributed by atoms with Crippen LogP contribution in [0.3, 0.4) is 0 Å². The predicted octanol–water partition coefficient (Wildman–Crippen LogP) is 1.10. The molecule has 0 aliphatic carbocycles. The van der Waals surface area contributed by atoms with Crippen molar-refractivity contribution in [1.82, 2.24) is 0 Å². The maximum absolute atomic E-state index is 11.1. The number of methoxy groups -OCH3 is 1. The monoisotopic (exact) mass is 294 g/mol. The normalized spacial score (nSPS) is 13.2. The van der Waals surface area contributed by atoms with E-state index in [0.717, 1.165) is 0 Å². The number of hydrogen-bond acceptors (Lipinski definition) is 8. The topological polar surface area (TPSA) is 101 Å². The van der Waals surface area contributed by atoms with E-state index in [1.165, 1.54) is 14.0 Å². The zero-order valence-corrected chi connectivity index (χ0v) is 12.0. The number of hydrogen-bond donors (Lipinski definition) is 1. The fourth-order valence-corrected chi connectivity index (χ4v) is 0.895. The summed E-state index contributed by atoms with van der Waals surface area (Å²) in [4.78, 5) is 22.0. The van der Waals surface area contributed by atoms with Crippen LogP contribution in [-0.2, 0) is 23.7 Å². The van der Waals surface area contributed by atoms with Crippen molar-refractivity contribution in [2.75, 3.05) is 33.5 Å². The summed E-state index contributed by atoms with van der Waals surface area (Å²) in [6.45, 7) is 3.32. The molecule has 0 aliphatic heterocycles. The summed E-state index contributed by atoms with van der Waals surface area (Å²) in [5.41, 5.74) is 0. The molecule has 0 saturated carbocycles.